The summed E-state index contributed by atoms with van der Waals surface area (Å²) < 4.78 is 22.8. The molecule has 0 bridgehead atoms. The molecule has 2 aliphatic heterocycles. The Balaban J connectivity index is 2.38. The van der Waals surface area contributed by atoms with Gasteiger partial charge in [0.15, 0.2) is 11.9 Å². The van der Waals surface area contributed by atoms with E-state index in [2.05, 4.69) is 17.2 Å². The molecule has 5 atom stereocenters. The lowest BCUT2D eigenvalue weighted by atomic mass is 9.91. The minimum Gasteiger partial charge on any atom is -0.478 e. The normalized spacial score (nSPS) is 30.3. The third-order valence-corrected chi connectivity index (χ3v) is 4.29. The Morgan fingerprint density at radius 3 is 2.74 bits per heavy atom. The van der Waals surface area contributed by atoms with Crippen LogP contribution in [0.1, 0.15) is 20.8 Å². The van der Waals surface area contributed by atoms with E-state index in [9.17, 15) is 14.7 Å². The molecule has 0 spiro atoms. The lowest BCUT2D eigenvalue weighted by Crippen LogP contribution is -2.61. The first-order valence-corrected chi connectivity index (χ1v) is 8.52. The number of carbonyl (C=O) groups excluding carboxylic acids is 1. The standard InChI is InChI=1S/C18H26N2O7/c1-10(2)20-11-8-12(17(22)23)26-16(14(11)19-6-7-21)15(24-5)13-9-25-18(3,4)27-13/h6,8,11,13-16,19-20H,1,9H2,2-5H3,(H,22,23). The maximum atomic E-state index is 11.6. The van der Waals surface area contributed by atoms with Crippen LogP contribution in [-0.2, 0) is 28.5 Å². The summed E-state index contributed by atoms with van der Waals surface area (Å²) in [6, 6.07) is -1.08. The zero-order valence-electron chi connectivity index (χ0n) is 15.9. The highest BCUT2D eigenvalue weighted by Crippen LogP contribution is 2.31. The molecule has 0 aromatic rings. The van der Waals surface area contributed by atoms with Crippen LogP contribution < -0.4 is 10.6 Å². The molecule has 0 radical (unpaired) electrons. The molecule has 1 fully saturated rings. The minimum atomic E-state index is -1.21. The second kappa shape index (κ2) is 8.58. The number of methoxy groups -OCH3 is 1. The lowest BCUT2D eigenvalue weighted by Gasteiger charge is -2.41. The fraction of sp³-hybridized carbons (Fsp3) is 0.611. The first-order chi connectivity index (χ1) is 12.7. The van der Waals surface area contributed by atoms with Crippen molar-refractivity contribution in [1.29, 1.82) is 0 Å². The Morgan fingerprint density at radius 2 is 2.26 bits per heavy atom. The molecule has 0 aliphatic carbocycles. The first kappa shape index (κ1) is 21.0. The third kappa shape index (κ3) is 5.11. The van der Waals surface area contributed by atoms with Gasteiger partial charge in [0.1, 0.15) is 18.1 Å². The van der Waals surface area contributed by atoms with Crippen LogP contribution in [0.2, 0.25) is 0 Å². The summed E-state index contributed by atoms with van der Waals surface area (Å²) in [5.41, 5.74) is 0.624. The SMILES string of the molecule is C=C(C)NC1C=C(C(=O)O)OC(C(OC)C2COC(C)(C)O2)C1NC=C=O. The van der Waals surface area contributed by atoms with Gasteiger partial charge in [-0.15, -0.1) is 0 Å². The molecule has 2 heterocycles. The van der Waals surface area contributed by atoms with E-state index in [0.717, 1.165) is 6.20 Å². The van der Waals surface area contributed by atoms with Crippen molar-refractivity contribution in [3.05, 3.63) is 30.3 Å². The molecule has 9 nitrogen and oxygen atoms in total. The number of aliphatic carboxylic acids is 1. The summed E-state index contributed by atoms with van der Waals surface area (Å²) in [6.45, 7) is 9.36. The summed E-state index contributed by atoms with van der Waals surface area (Å²) in [6.07, 6.45) is 0.582. The van der Waals surface area contributed by atoms with Gasteiger partial charge in [0.25, 0.3) is 0 Å². The van der Waals surface area contributed by atoms with E-state index >= 15 is 0 Å². The summed E-state index contributed by atoms with van der Waals surface area (Å²) in [4.78, 5) is 22.3. The van der Waals surface area contributed by atoms with E-state index in [4.69, 9.17) is 18.9 Å². The summed E-state index contributed by atoms with van der Waals surface area (Å²) in [5, 5.41) is 15.4. The van der Waals surface area contributed by atoms with Gasteiger partial charge in [-0.1, -0.05) is 6.58 Å². The summed E-state index contributed by atoms with van der Waals surface area (Å²) >= 11 is 0. The number of hydrogen-bond donors (Lipinski definition) is 3. The monoisotopic (exact) mass is 382 g/mol. The van der Waals surface area contributed by atoms with Crippen molar-refractivity contribution < 1.29 is 33.6 Å². The zero-order chi connectivity index (χ0) is 20.2. The molecule has 9 heteroatoms. The average molecular weight is 382 g/mol. The van der Waals surface area contributed by atoms with E-state index in [0.29, 0.717) is 5.70 Å². The van der Waals surface area contributed by atoms with Crippen molar-refractivity contribution in [2.75, 3.05) is 13.7 Å². The highest BCUT2D eigenvalue weighted by atomic mass is 16.8. The van der Waals surface area contributed by atoms with Crippen LogP contribution >= 0.6 is 0 Å². The topological polar surface area (TPSA) is 115 Å². The van der Waals surface area contributed by atoms with Gasteiger partial charge in [-0.2, -0.15) is 0 Å². The summed E-state index contributed by atoms with van der Waals surface area (Å²) in [7, 11) is 1.48. The van der Waals surface area contributed by atoms with Crippen LogP contribution in [0.15, 0.2) is 30.3 Å². The van der Waals surface area contributed by atoms with Crippen LogP contribution in [0.4, 0.5) is 0 Å². The number of ether oxygens (including phenoxy) is 4. The Kier molecular flexibility index (Phi) is 6.67. The minimum absolute atomic E-state index is 0.230. The van der Waals surface area contributed by atoms with Crippen LogP contribution in [0.5, 0.6) is 0 Å². The van der Waals surface area contributed by atoms with E-state index in [1.54, 1.807) is 26.7 Å². The van der Waals surface area contributed by atoms with Crippen LogP contribution in [-0.4, -0.2) is 66.9 Å². The molecule has 2 rings (SSSR count). The van der Waals surface area contributed by atoms with Gasteiger partial charge in [0, 0.05) is 12.8 Å². The molecule has 150 valence electrons. The molecule has 27 heavy (non-hydrogen) atoms. The molecule has 0 amide bonds. The fourth-order valence-corrected chi connectivity index (χ4v) is 3.24. The number of carbonyl (C=O) groups is 1. The quantitative estimate of drug-likeness (QED) is 0.510. The first-order valence-electron chi connectivity index (χ1n) is 8.52. The Labute approximate surface area is 158 Å². The molecular formula is C18H26N2O7. The van der Waals surface area contributed by atoms with Crippen molar-refractivity contribution in [1.82, 2.24) is 10.6 Å². The molecule has 5 unspecified atom stereocenters. The number of rotatable bonds is 8. The van der Waals surface area contributed by atoms with Gasteiger partial charge in [-0.3, -0.25) is 0 Å². The smallest absolute Gasteiger partial charge is 0.370 e. The van der Waals surface area contributed by atoms with Crippen molar-refractivity contribution in [3.63, 3.8) is 0 Å². The second-order valence-electron chi connectivity index (χ2n) is 6.89. The van der Waals surface area contributed by atoms with Crippen molar-refractivity contribution in [2.24, 2.45) is 0 Å². The predicted octanol–water partition coefficient (Wildman–Crippen LogP) is 0.316. The van der Waals surface area contributed by atoms with Crippen molar-refractivity contribution in [3.8, 4) is 0 Å². The molecule has 0 aromatic carbocycles. The van der Waals surface area contributed by atoms with Gasteiger partial charge in [-0.25, -0.2) is 9.59 Å². The maximum absolute atomic E-state index is 11.6. The fourth-order valence-electron chi connectivity index (χ4n) is 3.24. The number of hydrogen-bond acceptors (Lipinski definition) is 8. The maximum Gasteiger partial charge on any atom is 0.370 e. The molecular weight excluding hydrogens is 356 g/mol. The van der Waals surface area contributed by atoms with Gasteiger partial charge >= 0.3 is 5.97 Å². The number of nitrogens with one attached hydrogen (secondary N) is 2. The van der Waals surface area contributed by atoms with E-state index in [-0.39, 0.29) is 12.4 Å². The molecule has 1 saturated heterocycles. The van der Waals surface area contributed by atoms with Crippen LogP contribution in [0.25, 0.3) is 0 Å². The highest BCUT2D eigenvalue weighted by Gasteiger charge is 2.48. The Morgan fingerprint density at radius 1 is 1.56 bits per heavy atom. The van der Waals surface area contributed by atoms with E-state index in [1.165, 1.54) is 13.2 Å². The lowest BCUT2D eigenvalue weighted by molar-refractivity contribution is -0.173. The molecule has 0 saturated carbocycles. The summed E-state index contributed by atoms with van der Waals surface area (Å²) in [5.74, 6) is -0.573. The average Bonchev–Trinajstić information content (AvgIpc) is 2.93. The highest BCUT2D eigenvalue weighted by molar-refractivity contribution is 5.84. The molecule has 0 aromatic heterocycles. The van der Waals surface area contributed by atoms with Crippen LogP contribution in [0.3, 0.4) is 0 Å². The van der Waals surface area contributed by atoms with Gasteiger partial charge < -0.3 is 34.7 Å². The van der Waals surface area contributed by atoms with Crippen LogP contribution in [0, 0.1) is 0 Å². The molecule has 3 N–H and O–H groups in total. The molecule has 2 aliphatic rings. The number of carboxylic acids is 1. The number of carboxylic acid groups (broad SMARTS) is 1. The Bertz CT molecular complexity index is 654. The van der Waals surface area contributed by atoms with Gasteiger partial charge in [-0.05, 0) is 26.8 Å². The third-order valence-electron chi connectivity index (χ3n) is 4.29. The van der Waals surface area contributed by atoms with Gasteiger partial charge in [0.05, 0.1) is 24.9 Å². The second-order valence-corrected chi connectivity index (χ2v) is 6.89. The zero-order valence-corrected chi connectivity index (χ0v) is 15.9. The predicted molar refractivity (Wildman–Crippen MR) is 95.2 cm³/mol. The number of allylic oxidation sites excluding steroid dienone is 1. The van der Waals surface area contributed by atoms with Crippen molar-refractivity contribution >= 4 is 11.9 Å². The van der Waals surface area contributed by atoms with Crippen molar-refractivity contribution in [2.45, 2.75) is 57.0 Å². The Hall–Kier alpha value is -2.32. The van der Waals surface area contributed by atoms with E-state index in [1.807, 2.05) is 0 Å². The largest absolute Gasteiger partial charge is 0.478 e. The van der Waals surface area contributed by atoms with E-state index < -0.39 is 42.2 Å². The van der Waals surface area contributed by atoms with Gasteiger partial charge in [0.2, 0.25) is 5.76 Å².